The van der Waals surface area contributed by atoms with Crippen LogP contribution in [0, 0.1) is 17.8 Å². The number of quaternary nitrogens is 1. The Kier molecular flexibility index (Phi) is 24.4. The third kappa shape index (κ3) is 19.3. The van der Waals surface area contributed by atoms with Gasteiger partial charge in [-0.2, -0.15) is 0 Å². The SMILES string of the molecule is CCCC/C=C/CCCCCCCCCCCCCC[N+](CC(CC)C(=O)O)(CC(CC)C(=O)O)CC(CC)C(=O)O. The second-order valence-electron chi connectivity index (χ2n) is 12.6. The molecule has 0 radical (unpaired) electrons. The van der Waals surface area contributed by atoms with E-state index in [-0.39, 0.29) is 24.1 Å². The van der Waals surface area contributed by atoms with Gasteiger partial charge in [0.25, 0.3) is 0 Å². The van der Waals surface area contributed by atoms with Crippen LogP contribution in [0.2, 0.25) is 0 Å². The molecular weight excluding hydrogens is 530 g/mol. The first-order valence-electron chi connectivity index (χ1n) is 17.3. The number of hydrogen-bond donors (Lipinski definition) is 3. The molecule has 0 aromatic carbocycles. The highest BCUT2D eigenvalue weighted by atomic mass is 16.4. The van der Waals surface area contributed by atoms with E-state index < -0.39 is 35.7 Å². The van der Waals surface area contributed by atoms with E-state index in [9.17, 15) is 29.7 Å². The van der Waals surface area contributed by atoms with Gasteiger partial charge in [0.2, 0.25) is 0 Å². The van der Waals surface area contributed by atoms with Gasteiger partial charge < -0.3 is 19.8 Å². The van der Waals surface area contributed by atoms with Gasteiger partial charge in [0.1, 0.15) is 17.8 Å². The summed E-state index contributed by atoms with van der Waals surface area (Å²) in [5, 5.41) is 29.5. The minimum atomic E-state index is -0.887. The molecule has 246 valence electrons. The number of carboxylic acids is 3. The highest BCUT2D eigenvalue weighted by Gasteiger charge is 2.40. The molecule has 3 N–H and O–H groups in total. The molecule has 0 spiro atoms. The molecule has 0 saturated heterocycles. The molecule has 7 nitrogen and oxygen atoms in total. The number of rotatable bonds is 30. The van der Waals surface area contributed by atoms with Crippen molar-refractivity contribution in [1.29, 1.82) is 0 Å². The van der Waals surface area contributed by atoms with Crippen LogP contribution in [-0.2, 0) is 14.4 Å². The summed E-state index contributed by atoms with van der Waals surface area (Å²) in [5.41, 5.74) is 0. The van der Waals surface area contributed by atoms with E-state index in [2.05, 4.69) is 19.1 Å². The fourth-order valence-electron chi connectivity index (χ4n) is 6.08. The van der Waals surface area contributed by atoms with Gasteiger partial charge in [-0.3, -0.25) is 14.4 Å². The Bertz CT molecular complexity index is 677. The highest BCUT2D eigenvalue weighted by molar-refractivity contribution is 5.71. The topological polar surface area (TPSA) is 112 Å². The van der Waals surface area contributed by atoms with Gasteiger partial charge in [0, 0.05) is 0 Å². The number of carbonyl (C=O) groups is 3. The molecule has 0 heterocycles. The maximum absolute atomic E-state index is 12.0. The normalized spacial score (nSPS) is 15.3. The average Bonchev–Trinajstić information content (AvgIpc) is 2.96. The fourth-order valence-corrected chi connectivity index (χ4v) is 6.08. The molecule has 0 aliphatic rings. The lowest BCUT2D eigenvalue weighted by atomic mass is 9.95. The Labute approximate surface area is 257 Å². The van der Waals surface area contributed by atoms with Gasteiger partial charge in [-0.05, 0) is 51.4 Å². The highest BCUT2D eigenvalue weighted by Crippen LogP contribution is 2.25. The Hall–Kier alpha value is -1.89. The molecular formula is C35H66NO6+. The molecule has 3 atom stereocenters. The summed E-state index contributed by atoms with van der Waals surface area (Å²) in [6.07, 6.45) is 25.6. The van der Waals surface area contributed by atoms with Crippen LogP contribution in [0.25, 0.3) is 0 Å². The van der Waals surface area contributed by atoms with Crippen LogP contribution >= 0.6 is 0 Å². The summed E-state index contributed by atoms with van der Waals surface area (Å²) in [5.74, 6) is -4.51. The number of unbranched alkanes of at least 4 members (excludes halogenated alkanes) is 14. The van der Waals surface area contributed by atoms with Crippen LogP contribution in [0.4, 0.5) is 0 Å². The molecule has 0 aromatic heterocycles. The molecule has 0 aromatic rings. The maximum Gasteiger partial charge on any atom is 0.312 e. The molecule has 0 aliphatic heterocycles. The van der Waals surface area contributed by atoms with Crippen molar-refractivity contribution in [2.45, 2.75) is 150 Å². The molecule has 0 fully saturated rings. The first-order valence-corrected chi connectivity index (χ1v) is 17.3. The average molecular weight is 597 g/mol. The second kappa shape index (κ2) is 25.6. The van der Waals surface area contributed by atoms with Crippen molar-refractivity contribution in [3.05, 3.63) is 12.2 Å². The van der Waals surface area contributed by atoms with E-state index in [0.717, 1.165) is 19.3 Å². The first kappa shape index (κ1) is 40.1. The summed E-state index contributed by atoms with van der Waals surface area (Å²) in [6.45, 7) is 9.24. The van der Waals surface area contributed by atoms with Crippen molar-refractivity contribution in [2.24, 2.45) is 17.8 Å². The summed E-state index contributed by atoms with van der Waals surface area (Å²) >= 11 is 0. The summed E-state index contributed by atoms with van der Waals surface area (Å²) in [7, 11) is 0. The zero-order valence-electron chi connectivity index (χ0n) is 27.7. The largest absolute Gasteiger partial charge is 0.481 e. The van der Waals surface area contributed by atoms with E-state index in [4.69, 9.17) is 0 Å². The van der Waals surface area contributed by atoms with Crippen molar-refractivity contribution in [3.8, 4) is 0 Å². The summed E-state index contributed by atoms with van der Waals surface area (Å²) in [6, 6.07) is 0. The van der Waals surface area contributed by atoms with Gasteiger partial charge >= 0.3 is 17.9 Å². The molecule has 0 saturated carbocycles. The van der Waals surface area contributed by atoms with Crippen molar-refractivity contribution in [1.82, 2.24) is 0 Å². The molecule has 0 rings (SSSR count). The zero-order valence-corrected chi connectivity index (χ0v) is 27.7. The lowest BCUT2D eigenvalue weighted by Crippen LogP contribution is -2.58. The molecule has 0 aliphatic carbocycles. The van der Waals surface area contributed by atoms with Crippen LogP contribution in [0.1, 0.15) is 150 Å². The number of allylic oxidation sites excluding steroid dienone is 2. The number of hydrogen-bond acceptors (Lipinski definition) is 3. The van der Waals surface area contributed by atoms with Gasteiger partial charge in [-0.1, -0.05) is 110 Å². The standard InChI is InChI=1S/C35H65NO6/c1-5-9-10-11-12-13-14-15-16-17-18-19-20-21-22-23-24-25-26-36(27-30(6-2)33(37)38,28-31(7-3)34(39)40)29-32(8-4)35(41)42/h11-12,30-32H,5-10,13-29H2,1-4H3,(H2-,37,38,39,40,41,42)/p+1/b12-11+. The first-order chi connectivity index (χ1) is 20.2. The molecule has 3 unspecified atom stereocenters. The third-order valence-electron chi connectivity index (χ3n) is 8.99. The van der Waals surface area contributed by atoms with Gasteiger partial charge in [0.15, 0.2) is 0 Å². The minimum absolute atomic E-state index is 0.259. The summed E-state index contributed by atoms with van der Waals surface area (Å²) < 4.78 is 0.259. The van der Waals surface area contributed by atoms with Gasteiger partial charge in [-0.15, -0.1) is 0 Å². The molecule has 7 heteroatoms. The summed E-state index contributed by atoms with van der Waals surface area (Å²) in [4.78, 5) is 36.0. The Morgan fingerprint density at radius 2 is 0.810 bits per heavy atom. The van der Waals surface area contributed by atoms with E-state index in [1.165, 1.54) is 83.5 Å². The van der Waals surface area contributed by atoms with Crippen LogP contribution in [0.15, 0.2) is 12.2 Å². The Balaban J connectivity index is 4.69. The number of nitrogens with zero attached hydrogens (tertiary/aromatic N) is 1. The lowest BCUT2D eigenvalue weighted by Gasteiger charge is -2.43. The number of aliphatic carboxylic acids is 3. The van der Waals surface area contributed by atoms with Crippen molar-refractivity contribution >= 4 is 17.9 Å². The smallest absolute Gasteiger partial charge is 0.312 e. The maximum atomic E-state index is 12.0. The van der Waals surface area contributed by atoms with Crippen LogP contribution in [-0.4, -0.2) is 63.9 Å². The second-order valence-corrected chi connectivity index (χ2v) is 12.6. The van der Waals surface area contributed by atoms with Gasteiger partial charge in [0.05, 0.1) is 26.2 Å². The van der Waals surface area contributed by atoms with E-state index in [1.54, 1.807) is 0 Å². The molecule has 42 heavy (non-hydrogen) atoms. The minimum Gasteiger partial charge on any atom is -0.481 e. The van der Waals surface area contributed by atoms with Crippen molar-refractivity contribution in [2.75, 3.05) is 26.2 Å². The van der Waals surface area contributed by atoms with Gasteiger partial charge in [-0.25, -0.2) is 0 Å². The van der Waals surface area contributed by atoms with Crippen molar-refractivity contribution < 1.29 is 34.2 Å². The Morgan fingerprint density at radius 3 is 1.12 bits per heavy atom. The van der Waals surface area contributed by atoms with Crippen molar-refractivity contribution in [3.63, 3.8) is 0 Å². The van der Waals surface area contributed by atoms with E-state index in [1.807, 2.05) is 20.8 Å². The predicted octanol–water partition coefficient (Wildman–Crippen LogP) is 8.95. The molecule has 0 bridgehead atoms. The van der Waals surface area contributed by atoms with E-state index in [0.29, 0.717) is 25.8 Å². The van der Waals surface area contributed by atoms with Crippen LogP contribution < -0.4 is 0 Å². The van der Waals surface area contributed by atoms with Crippen LogP contribution in [0.3, 0.4) is 0 Å². The monoisotopic (exact) mass is 596 g/mol. The zero-order chi connectivity index (χ0) is 31.6. The quantitative estimate of drug-likeness (QED) is 0.0433. The Morgan fingerprint density at radius 1 is 0.500 bits per heavy atom. The fraction of sp³-hybridized carbons (Fsp3) is 0.857. The van der Waals surface area contributed by atoms with E-state index >= 15 is 0 Å². The third-order valence-corrected chi connectivity index (χ3v) is 8.99. The van der Waals surface area contributed by atoms with Crippen LogP contribution in [0.5, 0.6) is 0 Å². The molecule has 0 amide bonds. The number of carboxylic acid groups (broad SMARTS) is 3. The lowest BCUT2D eigenvalue weighted by molar-refractivity contribution is -0.935. The predicted molar refractivity (Wildman–Crippen MR) is 173 cm³/mol.